The van der Waals surface area contributed by atoms with Crippen molar-refractivity contribution in [2.45, 2.75) is 52.1 Å². The van der Waals surface area contributed by atoms with Crippen molar-refractivity contribution in [1.82, 2.24) is 24.8 Å². The number of H-pyrrole nitrogens is 2. The van der Waals surface area contributed by atoms with E-state index < -0.39 is 5.82 Å². The summed E-state index contributed by atoms with van der Waals surface area (Å²) >= 11 is 0. The summed E-state index contributed by atoms with van der Waals surface area (Å²) in [6, 6.07) is 10.4. The summed E-state index contributed by atoms with van der Waals surface area (Å²) in [5.41, 5.74) is 3.22. The third kappa shape index (κ3) is 5.26. The molecule has 10 nitrogen and oxygen atoms in total. The zero-order chi connectivity index (χ0) is 29.7. The van der Waals surface area contributed by atoms with E-state index in [1.165, 1.54) is 24.0 Å². The molecular weight excluding hydrogens is 549 g/mol. The third-order valence-corrected chi connectivity index (χ3v) is 9.32. The Morgan fingerprint density at radius 1 is 1.05 bits per heavy atom. The number of imidazole rings is 1. The molecular formula is C32H36FN7O3. The van der Waals surface area contributed by atoms with Gasteiger partial charge >= 0.3 is 5.69 Å². The predicted molar refractivity (Wildman–Crippen MR) is 162 cm³/mol. The maximum atomic E-state index is 14.5. The first-order chi connectivity index (χ1) is 20.8. The Bertz CT molecular complexity index is 1740. The SMILES string of the molecule is CC(C)C1CCC(=O)N1c1cc(F)ccc1Oc1cncnc1N1CCC2(CCN(Cc3ccc4[nH]c(=O)[nH]c4c3)C2)C1. The number of aromatic amines is 2. The van der Waals surface area contributed by atoms with E-state index in [-0.39, 0.29) is 29.0 Å². The van der Waals surface area contributed by atoms with Crippen LogP contribution in [0.5, 0.6) is 11.5 Å². The van der Waals surface area contributed by atoms with Crippen molar-refractivity contribution < 1.29 is 13.9 Å². The highest BCUT2D eigenvalue weighted by atomic mass is 19.1. The van der Waals surface area contributed by atoms with Gasteiger partial charge in [-0.15, -0.1) is 0 Å². The van der Waals surface area contributed by atoms with Crippen LogP contribution in [0.2, 0.25) is 0 Å². The fraction of sp³-hybridized carbons (Fsp3) is 0.438. The number of likely N-dealkylation sites (tertiary alicyclic amines) is 1. The summed E-state index contributed by atoms with van der Waals surface area (Å²) in [4.78, 5) is 45.5. The molecule has 1 amide bonds. The van der Waals surface area contributed by atoms with Crippen LogP contribution in [0.1, 0.15) is 45.1 Å². The zero-order valence-electron chi connectivity index (χ0n) is 24.5. The summed E-state index contributed by atoms with van der Waals surface area (Å²) in [6.45, 7) is 8.65. The molecule has 2 atom stereocenters. The normalized spacial score (nSPS) is 22.6. The van der Waals surface area contributed by atoms with E-state index in [1.54, 1.807) is 17.2 Å². The number of anilines is 2. The van der Waals surface area contributed by atoms with Gasteiger partial charge in [-0.1, -0.05) is 19.9 Å². The van der Waals surface area contributed by atoms with Gasteiger partial charge in [-0.3, -0.25) is 9.69 Å². The fourth-order valence-corrected chi connectivity index (χ4v) is 7.20. The molecule has 4 aromatic rings. The summed E-state index contributed by atoms with van der Waals surface area (Å²) in [5, 5.41) is 0. The molecule has 2 aromatic heterocycles. The molecule has 3 aliphatic rings. The quantitative estimate of drug-likeness (QED) is 0.320. The number of carbonyl (C=O) groups is 1. The molecule has 2 N–H and O–H groups in total. The minimum atomic E-state index is -0.414. The number of aromatic nitrogens is 4. The van der Waals surface area contributed by atoms with Crippen molar-refractivity contribution in [3.8, 4) is 11.5 Å². The van der Waals surface area contributed by atoms with E-state index in [2.05, 4.69) is 49.6 Å². The van der Waals surface area contributed by atoms with E-state index in [0.717, 1.165) is 63.0 Å². The first kappa shape index (κ1) is 27.6. The van der Waals surface area contributed by atoms with E-state index >= 15 is 0 Å². The monoisotopic (exact) mass is 585 g/mol. The van der Waals surface area contributed by atoms with Gasteiger partial charge in [0.2, 0.25) is 5.91 Å². The smallest absolute Gasteiger partial charge is 0.323 e. The number of ether oxygens (including phenoxy) is 1. The Morgan fingerprint density at radius 3 is 2.74 bits per heavy atom. The second-order valence-corrected chi connectivity index (χ2v) is 12.6. The van der Waals surface area contributed by atoms with Gasteiger partial charge in [-0.2, -0.15) is 0 Å². The molecule has 7 rings (SSSR count). The van der Waals surface area contributed by atoms with Gasteiger partial charge in [0.15, 0.2) is 17.3 Å². The van der Waals surface area contributed by atoms with Crippen LogP contribution in [0.4, 0.5) is 15.9 Å². The lowest BCUT2D eigenvalue weighted by Crippen LogP contribution is -2.36. The molecule has 0 radical (unpaired) electrons. The molecule has 3 aliphatic heterocycles. The molecule has 43 heavy (non-hydrogen) atoms. The van der Waals surface area contributed by atoms with E-state index in [1.807, 2.05) is 12.1 Å². The lowest BCUT2D eigenvalue weighted by molar-refractivity contribution is -0.117. The Morgan fingerprint density at radius 2 is 1.88 bits per heavy atom. The third-order valence-electron chi connectivity index (χ3n) is 9.32. The van der Waals surface area contributed by atoms with Crippen LogP contribution in [0.15, 0.2) is 53.7 Å². The molecule has 2 aromatic carbocycles. The molecule has 0 bridgehead atoms. The standard InChI is InChI=1S/C32H36FN7O3/c1-20(2)25-6-8-29(41)40(25)26-14-22(33)4-7-27(26)43-28-15-34-19-35-30(28)39-12-10-32(18-39)9-11-38(17-32)16-21-3-5-23-24(13-21)37-31(42)36-23/h3-5,7,13-15,19-20,25H,6,8-12,16-18H2,1-2H3,(H2,36,37,42). The number of carbonyl (C=O) groups excluding carboxylic acids is 1. The van der Waals surface area contributed by atoms with Gasteiger partial charge in [0, 0.05) is 50.1 Å². The number of nitrogens with zero attached hydrogens (tertiary/aromatic N) is 5. The Hall–Kier alpha value is -4.25. The predicted octanol–water partition coefficient (Wildman–Crippen LogP) is 4.83. The molecule has 0 aliphatic carbocycles. The van der Waals surface area contributed by atoms with E-state index in [0.29, 0.717) is 29.4 Å². The van der Waals surface area contributed by atoms with Crippen LogP contribution in [0.3, 0.4) is 0 Å². The van der Waals surface area contributed by atoms with E-state index in [9.17, 15) is 14.0 Å². The molecule has 3 saturated heterocycles. The molecule has 5 heterocycles. The Kier molecular flexibility index (Phi) is 6.92. The highest BCUT2D eigenvalue weighted by Crippen LogP contribution is 2.45. The van der Waals surface area contributed by atoms with Crippen LogP contribution in [0, 0.1) is 17.2 Å². The van der Waals surface area contributed by atoms with Gasteiger partial charge in [0.05, 0.1) is 22.9 Å². The summed E-state index contributed by atoms with van der Waals surface area (Å²) in [7, 11) is 0. The van der Waals surface area contributed by atoms with Crippen LogP contribution >= 0.6 is 0 Å². The summed E-state index contributed by atoms with van der Waals surface area (Å²) in [5.74, 6) is 1.40. The lowest BCUT2D eigenvalue weighted by Gasteiger charge is -2.30. The van der Waals surface area contributed by atoms with Gasteiger partial charge in [-0.05, 0) is 61.6 Å². The van der Waals surface area contributed by atoms with Crippen LogP contribution in [-0.2, 0) is 11.3 Å². The van der Waals surface area contributed by atoms with Crippen molar-refractivity contribution in [3.05, 3.63) is 70.8 Å². The maximum Gasteiger partial charge on any atom is 0.323 e. The van der Waals surface area contributed by atoms with Crippen molar-refractivity contribution in [2.24, 2.45) is 11.3 Å². The lowest BCUT2D eigenvalue weighted by atomic mass is 9.86. The molecule has 11 heteroatoms. The number of hydrogen-bond donors (Lipinski definition) is 2. The molecule has 224 valence electrons. The number of halogens is 1. The number of hydrogen-bond acceptors (Lipinski definition) is 7. The average Bonchev–Trinajstić information content (AvgIpc) is 3.76. The fourth-order valence-electron chi connectivity index (χ4n) is 7.20. The van der Waals surface area contributed by atoms with Gasteiger partial charge in [0.1, 0.15) is 12.1 Å². The first-order valence-corrected chi connectivity index (χ1v) is 15.0. The summed E-state index contributed by atoms with van der Waals surface area (Å²) < 4.78 is 20.9. The van der Waals surface area contributed by atoms with Crippen molar-refractivity contribution in [2.75, 3.05) is 36.0 Å². The highest BCUT2D eigenvalue weighted by molar-refractivity contribution is 5.97. The Labute approximate surface area is 248 Å². The molecule has 0 saturated carbocycles. The first-order valence-electron chi connectivity index (χ1n) is 15.0. The highest BCUT2D eigenvalue weighted by Gasteiger charge is 2.44. The van der Waals surface area contributed by atoms with Crippen molar-refractivity contribution in [1.29, 1.82) is 0 Å². The second-order valence-electron chi connectivity index (χ2n) is 12.6. The van der Waals surface area contributed by atoms with Crippen LogP contribution in [-0.4, -0.2) is 63.0 Å². The number of amides is 1. The van der Waals surface area contributed by atoms with Crippen molar-refractivity contribution in [3.63, 3.8) is 0 Å². The van der Waals surface area contributed by atoms with Crippen LogP contribution < -0.4 is 20.2 Å². The number of nitrogens with one attached hydrogen (secondary N) is 2. The molecule has 1 spiro atoms. The maximum absolute atomic E-state index is 14.5. The number of fused-ring (bicyclic) bond motifs is 1. The van der Waals surface area contributed by atoms with Gasteiger partial charge < -0.3 is 24.5 Å². The van der Waals surface area contributed by atoms with Crippen LogP contribution in [0.25, 0.3) is 11.0 Å². The topological polar surface area (TPSA) is 110 Å². The zero-order valence-corrected chi connectivity index (χ0v) is 24.5. The number of rotatable bonds is 7. The minimum absolute atomic E-state index is 0.0147. The van der Waals surface area contributed by atoms with E-state index in [4.69, 9.17) is 4.74 Å². The van der Waals surface area contributed by atoms with Gasteiger partial charge in [-0.25, -0.2) is 19.2 Å². The second kappa shape index (κ2) is 10.8. The van der Waals surface area contributed by atoms with Gasteiger partial charge in [0.25, 0.3) is 0 Å². The number of benzene rings is 2. The summed E-state index contributed by atoms with van der Waals surface area (Å²) in [6.07, 6.45) is 6.47. The Balaban J connectivity index is 1.08. The molecule has 2 unspecified atom stereocenters. The average molecular weight is 586 g/mol. The largest absolute Gasteiger partial charge is 0.450 e. The molecule has 3 fully saturated rings. The van der Waals surface area contributed by atoms with Crippen molar-refractivity contribution >= 4 is 28.4 Å². The minimum Gasteiger partial charge on any atom is -0.450 e.